The summed E-state index contributed by atoms with van der Waals surface area (Å²) in [5.74, 6) is -1.19. The largest absolute Gasteiger partial charge is 0.479 e. The van der Waals surface area contributed by atoms with E-state index in [1.165, 1.54) is 65.1 Å². The zero-order valence-corrected chi connectivity index (χ0v) is 13.2. The normalized spacial score (nSPS) is 11.9. The highest BCUT2D eigenvalue weighted by atomic mass is 16.4. The van der Waals surface area contributed by atoms with Gasteiger partial charge >= 0.3 is 5.97 Å². The maximum atomic E-state index is 9.45. The van der Waals surface area contributed by atoms with Gasteiger partial charge in [-0.25, -0.2) is 4.79 Å². The second-order valence-electron chi connectivity index (χ2n) is 4.92. The lowest BCUT2D eigenvalue weighted by atomic mass is 10.2. The van der Waals surface area contributed by atoms with Gasteiger partial charge in [-0.15, -0.1) is 0 Å². The van der Waals surface area contributed by atoms with Crippen LogP contribution >= 0.6 is 0 Å². The van der Waals surface area contributed by atoms with Crippen molar-refractivity contribution in [1.82, 2.24) is 4.90 Å². The van der Waals surface area contributed by atoms with Gasteiger partial charge in [-0.1, -0.05) is 40.0 Å². The number of nitrogens with zero attached hydrogens (tertiary/aromatic N) is 1. The number of hydrogen-bond acceptors (Lipinski definition) is 3. The van der Waals surface area contributed by atoms with Gasteiger partial charge in [-0.3, -0.25) is 0 Å². The number of aliphatic carboxylic acids is 1. The predicted molar refractivity (Wildman–Crippen MR) is 80.5 cm³/mol. The highest BCUT2D eigenvalue weighted by molar-refractivity contribution is 5.71. The molecule has 0 saturated heterocycles. The van der Waals surface area contributed by atoms with Gasteiger partial charge in [0, 0.05) is 0 Å². The molecule has 4 nitrogen and oxygen atoms in total. The SMILES string of the molecule is CC(O)C(=O)O.CCCCN(CCCC)CCCC. The minimum atomic E-state index is -1.23. The zero-order chi connectivity index (χ0) is 15.1. The third kappa shape index (κ3) is 17.4. The summed E-state index contributed by atoms with van der Waals surface area (Å²) in [6.45, 7) is 12.0. The Kier molecular flexibility index (Phi) is 16.8. The van der Waals surface area contributed by atoms with Crippen LogP contribution in [0.2, 0.25) is 0 Å². The first-order valence-electron chi connectivity index (χ1n) is 7.62. The second kappa shape index (κ2) is 15.4. The molecule has 0 radical (unpaired) electrons. The van der Waals surface area contributed by atoms with Crippen LogP contribution in [0.3, 0.4) is 0 Å². The molecule has 0 heterocycles. The summed E-state index contributed by atoms with van der Waals surface area (Å²) in [5, 5.41) is 15.8. The fourth-order valence-corrected chi connectivity index (χ4v) is 1.48. The van der Waals surface area contributed by atoms with Gasteiger partial charge in [0.1, 0.15) is 6.10 Å². The standard InChI is InChI=1S/C12H27N.C3H6O3/c1-4-7-10-13(11-8-5-2)12-9-6-3;1-2(4)3(5)6/h4-12H2,1-3H3;2,4H,1H3,(H,5,6). The van der Waals surface area contributed by atoms with Crippen LogP contribution in [0.4, 0.5) is 0 Å². The molecule has 0 bridgehead atoms. The van der Waals surface area contributed by atoms with E-state index in [9.17, 15) is 4.79 Å². The summed E-state index contributed by atoms with van der Waals surface area (Å²) in [5.41, 5.74) is 0. The molecule has 1 atom stereocenters. The molecular formula is C15H33NO3. The Morgan fingerprint density at radius 2 is 1.21 bits per heavy atom. The van der Waals surface area contributed by atoms with E-state index in [0.717, 1.165) is 0 Å². The summed E-state index contributed by atoms with van der Waals surface area (Å²) in [6, 6.07) is 0. The molecule has 19 heavy (non-hydrogen) atoms. The molecule has 4 heteroatoms. The Morgan fingerprint density at radius 3 is 1.37 bits per heavy atom. The van der Waals surface area contributed by atoms with E-state index < -0.39 is 12.1 Å². The molecule has 0 aromatic carbocycles. The minimum absolute atomic E-state index is 1.19. The molecule has 0 saturated carbocycles. The molecule has 0 rings (SSSR count). The number of carboxylic acid groups (broad SMARTS) is 1. The Bertz CT molecular complexity index is 177. The Labute approximate surface area is 118 Å². The smallest absolute Gasteiger partial charge is 0.332 e. The van der Waals surface area contributed by atoms with Crippen molar-refractivity contribution in [2.45, 2.75) is 72.3 Å². The Balaban J connectivity index is 0. The van der Waals surface area contributed by atoms with Crippen LogP contribution in [0.5, 0.6) is 0 Å². The lowest BCUT2D eigenvalue weighted by molar-refractivity contribution is -0.145. The maximum Gasteiger partial charge on any atom is 0.332 e. The first kappa shape index (κ1) is 20.7. The molecule has 0 aromatic rings. The van der Waals surface area contributed by atoms with Crippen LogP contribution in [-0.4, -0.2) is 46.8 Å². The number of aliphatic hydroxyl groups excluding tert-OH is 1. The highest BCUT2D eigenvalue weighted by Crippen LogP contribution is 2.01. The lowest BCUT2D eigenvalue weighted by Gasteiger charge is -2.21. The molecular weight excluding hydrogens is 242 g/mol. The first-order valence-corrected chi connectivity index (χ1v) is 7.62. The molecule has 2 N–H and O–H groups in total. The topological polar surface area (TPSA) is 60.8 Å². The van der Waals surface area contributed by atoms with Gasteiger partial charge in [0.15, 0.2) is 0 Å². The fraction of sp³-hybridized carbons (Fsp3) is 0.933. The van der Waals surface area contributed by atoms with Gasteiger partial charge in [-0.2, -0.15) is 0 Å². The van der Waals surface area contributed by atoms with Gasteiger partial charge < -0.3 is 15.1 Å². The molecule has 116 valence electrons. The number of carbonyl (C=O) groups is 1. The monoisotopic (exact) mass is 275 g/mol. The summed E-state index contributed by atoms with van der Waals surface area (Å²) >= 11 is 0. The number of carboxylic acids is 1. The van der Waals surface area contributed by atoms with Gasteiger partial charge in [0.2, 0.25) is 0 Å². The van der Waals surface area contributed by atoms with Crippen LogP contribution in [0.25, 0.3) is 0 Å². The first-order chi connectivity index (χ1) is 8.99. The molecule has 0 fully saturated rings. The summed E-state index contributed by atoms with van der Waals surface area (Å²) in [6.07, 6.45) is 6.86. The van der Waals surface area contributed by atoms with E-state index >= 15 is 0 Å². The molecule has 0 spiro atoms. The quantitative estimate of drug-likeness (QED) is 0.643. The van der Waals surface area contributed by atoms with E-state index in [-0.39, 0.29) is 0 Å². The van der Waals surface area contributed by atoms with Crippen molar-refractivity contribution in [3.05, 3.63) is 0 Å². The highest BCUT2D eigenvalue weighted by Gasteiger charge is 2.02. The van der Waals surface area contributed by atoms with Crippen molar-refractivity contribution < 1.29 is 15.0 Å². The molecule has 0 aliphatic carbocycles. The molecule has 0 aliphatic rings. The van der Waals surface area contributed by atoms with Crippen LogP contribution in [0, 0.1) is 0 Å². The van der Waals surface area contributed by atoms with E-state index in [1.54, 1.807) is 0 Å². The van der Waals surface area contributed by atoms with Gasteiger partial charge in [0.05, 0.1) is 0 Å². The fourth-order valence-electron chi connectivity index (χ4n) is 1.48. The van der Waals surface area contributed by atoms with Crippen molar-refractivity contribution in [2.24, 2.45) is 0 Å². The zero-order valence-electron chi connectivity index (χ0n) is 13.2. The lowest BCUT2D eigenvalue weighted by Crippen LogP contribution is -2.27. The number of aliphatic hydroxyl groups is 1. The van der Waals surface area contributed by atoms with Crippen molar-refractivity contribution in [3.8, 4) is 0 Å². The Morgan fingerprint density at radius 1 is 0.947 bits per heavy atom. The molecule has 0 aromatic heterocycles. The van der Waals surface area contributed by atoms with E-state index in [1.807, 2.05) is 0 Å². The third-order valence-corrected chi connectivity index (χ3v) is 2.84. The van der Waals surface area contributed by atoms with Crippen LogP contribution < -0.4 is 0 Å². The predicted octanol–water partition coefficient (Wildman–Crippen LogP) is 3.14. The Hall–Kier alpha value is -0.610. The second-order valence-corrected chi connectivity index (χ2v) is 4.92. The van der Waals surface area contributed by atoms with Crippen molar-refractivity contribution >= 4 is 5.97 Å². The third-order valence-electron chi connectivity index (χ3n) is 2.84. The van der Waals surface area contributed by atoms with Crippen molar-refractivity contribution in [3.63, 3.8) is 0 Å². The average Bonchev–Trinajstić information content (AvgIpc) is 2.38. The summed E-state index contributed by atoms with van der Waals surface area (Å²) in [7, 11) is 0. The molecule has 1 unspecified atom stereocenters. The average molecular weight is 275 g/mol. The maximum absolute atomic E-state index is 9.45. The van der Waals surface area contributed by atoms with Crippen molar-refractivity contribution in [1.29, 1.82) is 0 Å². The molecule has 0 amide bonds. The van der Waals surface area contributed by atoms with Gasteiger partial charge in [0.25, 0.3) is 0 Å². The van der Waals surface area contributed by atoms with Crippen LogP contribution in [-0.2, 0) is 4.79 Å². The molecule has 0 aliphatic heterocycles. The van der Waals surface area contributed by atoms with E-state index in [4.69, 9.17) is 10.2 Å². The number of hydrogen-bond donors (Lipinski definition) is 2. The van der Waals surface area contributed by atoms with E-state index in [2.05, 4.69) is 25.7 Å². The number of unbranched alkanes of at least 4 members (excludes halogenated alkanes) is 3. The number of rotatable bonds is 10. The van der Waals surface area contributed by atoms with Crippen LogP contribution in [0.1, 0.15) is 66.2 Å². The van der Waals surface area contributed by atoms with Crippen molar-refractivity contribution in [2.75, 3.05) is 19.6 Å². The van der Waals surface area contributed by atoms with E-state index in [0.29, 0.717) is 0 Å². The summed E-state index contributed by atoms with van der Waals surface area (Å²) < 4.78 is 0. The van der Waals surface area contributed by atoms with Crippen LogP contribution in [0.15, 0.2) is 0 Å². The van der Waals surface area contributed by atoms with Gasteiger partial charge in [-0.05, 0) is 45.8 Å². The summed E-state index contributed by atoms with van der Waals surface area (Å²) in [4.78, 5) is 12.1. The minimum Gasteiger partial charge on any atom is -0.479 e.